The normalized spacial score (nSPS) is 16.5. The number of nitrogens with one attached hydrogen (secondary N) is 1. The molecule has 1 fully saturated rings. The van der Waals surface area contributed by atoms with Crippen molar-refractivity contribution in [2.45, 2.75) is 31.4 Å². The van der Waals surface area contributed by atoms with E-state index in [9.17, 15) is 14.7 Å². The van der Waals surface area contributed by atoms with Gasteiger partial charge in [-0.15, -0.1) is 0 Å². The molecule has 0 aromatic carbocycles. The fraction of sp³-hybridized carbons (Fsp3) is 0.476. The van der Waals surface area contributed by atoms with Crippen molar-refractivity contribution < 1.29 is 19.4 Å². The Morgan fingerprint density at radius 2 is 2.17 bits per heavy atom. The molecule has 2 aromatic heterocycles. The van der Waals surface area contributed by atoms with Crippen molar-refractivity contribution in [2.24, 2.45) is 0 Å². The smallest absolute Gasteiger partial charge is 0.258 e. The molecule has 4 N–H and O–H groups in total. The van der Waals surface area contributed by atoms with Crippen molar-refractivity contribution in [3.63, 3.8) is 0 Å². The average molecular weight is 414 g/mol. The fourth-order valence-corrected chi connectivity index (χ4v) is 3.54. The van der Waals surface area contributed by atoms with Crippen molar-refractivity contribution in [2.75, 3.05) is 39.7 Å². The van der Waals surface area contributed by atoms with E-state index in [1.807, 2.05) is 0 Å². The third-order valence-corrected chi connectivity index (χ3v) is 4.99. The number of anilines is 1. The number of pyridine rings is 2. The summed E-state index contributed by atoms with van der Waals surface area (Å²) in [5.41, 5.74) is 5.12. The van der Waals surface area contributed by atoms with Crippen molar-refractivity contribution >= 4 is 22.8 Å². The van der Waals surface area contributed by atoms with Gasteiger partial charge in [-0.1, -0.05) is 5.92 Å². The molecule has 3 heterocycles. The largest absolute Gasteiger partial charge is 0.384 e. The van der Waals surface area contributed by atoms with Crippen molar-refractivity contribution in [3.8, 4) is 11.8 Å². The maximum absolute atomic E-state index is 13.0. The van der Waals surface area contributed by atoms with Crippen LogP contribution in [0.15, 0.2) is 16.9 Å². The maximum Gasteiger partial charge on any atom is 0.258 e. The lowest BCUT2D eigenvalue weighted by Crippen LogP contribution is -2.32. The minimum absolute atomic E-state index is 0.0444. The lowest BCUT2D eigenvalue weighted by molar-refractivity contribution is 0.0274. The van der Waals surface area contributed by atoms with Gasteiger partial charge >= 0.3 is 0 Å². The first-order chi connectivity index (χ1) is 14.3. The summed E-state index contributed by atoms with van der Waals surface area (Å²) >= 11 is 0. The van der Waals surface area contributed by atoms with E-state index in [0.717, 1.165) is 0 Å². The van der Waals surface area contributed by atoms with Gasteiger partial charge in [0, 0.05) is 33.4 Å². The molecule has 0 bridgehead atoms. The third kappa shape index (κ3) is 4.31. The molecule has 0 saturated carbocycles. The van der Waals surface area contributed by atoms with Crippen LogP contribution in [-0.4, -0.2) is 60.1 Å². The summed E-state index contributed by atoms with van der Waals surface area (Å²) in [4.78, 5) is 29.9. The quantitative estimate of drug-likeness (QED) is 0.619. The van der Waals surface area contributed by atoms with E-state index in [2.05, 4.69) is 22.1 Å². The Bertz CT molecular complexity index is 1070. The highest BCUT2D eigenvalue weighted by molar-refractivity contribution is 6.01. The van der Waals surface area contributed by atoms with Crippen LogP contribution in [0.25, 0.3) is 11.0 Å². The number of ether oxygens (including phenoxy) is 2. The number of fused-ring (bicyclic) bond motifs is 1. The van der Waals surface area contributed by atoms with Gasteiger partial charge < -0.3 is 30.2 Å². The second kappa shape index (κ2) is 8.83. The number of aromatic nitrogens is 2. The predicted octanol–water partition coefficient (Wildman–Crippen LogP) is 0.439. The lowest BCUT2D eigenvalue weighted by atomic mass is 10.1. The molecule has 1 aliphatic heterocycles. The molecule has 1 amide bonds. The van der Waals surface area contributed by atoms with Gasteiger partial charge in [-0.3, -0.25) is 9.59 Å². The molecule has 9 heteroatoms. The van der Waals surface area contributed by atoms with Gasteiger partial charge in [0.2, 0.25) is 5.43 Å². The highest BCUT2D eigenvalue weighted by atomic mass is 16.5. The molecule has 2 aromatic rings. The Balaban J connectivity index is 2.23. The molecule has 160 valence electrons. The van der Waals surface area contributed by atoms with E-state index in [-0.39, 0.29) is 29.4 Å². The summed E-state index contributed by atoms with van der Waals surface area (Å²) in [5.74, 6) is 5.08. The first-order valence-electron chi connectivity index (χ1n) is 9.68. The zero-order valence-corrected chi connectivity index (χ0v) is 17.3. The molecule has 9 nitrogen and oxygen atoms in total. The lowest BCUT2D eigenvalue weighted by Gasteiger charge is -2.28. The number of hydrogen-bond donors (Lipinski definition) is 3. The predicted molar refractivity (Wildman–Crippen MR) is 112 cm³/mol. The monoisotopic (exact) mass is 414 g/mol. The summed E-state index contributed by atoms with van der Waals surface area (Å²) in [6.07, 6.45) is 1.35. The number of rotatable bonds is 4. The summed E-state index contributed by atoms with van der Waals surface area (Å²) in [6, 6.07) is 3.09. The van der Waals surface area contributed by atoms with Crippen molar-refractivity contribution in [1.82, 2.24) is 14.9 Å². The molecule has 1 unspecified atom stereocenters. The van der Waals surface area contributed by atoms with Crippen LogP contribution < -0.4 is 16.5 Å². The first kappa shape index (κ1) is 21.8. The second-order valence-corrected chi connectivity index (χ2v) is 7.41. The number of carbonyl (C=O) groups excluding carboxylic acids is 1. The molecule has 3 rings (SSSR count). The number of hydrogen-bond acceptors (Lipinski definition) is 7. The van der Waals surface area contributed by atoms with Crippen LogP contribution >= 0.6 is 0 Å². The number of methoxy groups -OCH3 is 1. The highest BCUT2D eigenvalue weighted by Crippen LogP contribution is 2.28. The van der Waals surface area contributed by atoms with E-state index < -0.39 is 16.9 Å². The Morgan fingerprint density at radius 1 is 1.47 bits per heavy atom. The van der Waals surface area contributed by atoms with E-state index in [1.165, 1.54) is 21.1 Å². The molecule has 1 atom stereocenters. The Morgan fingerprint density at radius 3 is 2.80 bits per heavy atom. The maximum atomic E-state index is 13.0. The minimum atomic E-state index is -1.34. The topological polar surface area (TPSA) is 129 Å². The number of carbonyl (C=O) groups is 1. The van der Waals surface area contributed by atoms with Crippen LogP contribution in [-0.2, 0) is 9.47 Å². The van der Waals surface area contributed by atoms with Crippen LogP contribution in [0.3, 0.4) is 0 Å². The highest BCUT2D eigenvalue weighted by Gasteiger charge is 2.26. The number of amides is 1. The van der Waals surface area contributed by atoms with Crippen molar-refractivity contribution in [3.05, 3.63) is 33.6 Å². The summed E-state index contributed by atoms with van der Waals surface area (Å²) in [5, 5.41) is 13.0. The van der Waals surface area contributed by atoms with Gasteiger partial charge in [-0.05, 0) is 37.8 Å². The number of nitrogens with zero attached hydrogens (tertiary/aromatic N) is 2. The van der Waals surface area contributed by atoms with Crippen LogP contribution in [0, 0.1) is 11.8 Å². The van der Waals surface area contributed by atoms with Gasteiger partial charge in [0.15, 0.2) is 0 Å². The van der Waals surface area contributed by atoms with Gasteiger partial charge in [0.25, 0.3) is 5.91 Å². The van der Waals surface area contributed by atoms with Crippen LogP contribution in [0.2, 0.25) is 0 Å². The summed E-state index contributed by atoms with van der Waals surface area (Å²) in [6.45, 7) is 2.68. The average Bonchev–Trinajstić information content (AvgIpc) is 2.73. The number of nitrogens with two attached hydrogens (primary N) is 1. The zero-order valence-electron chi connectivity index (χ0n) is 17.3. The SMILES string of the molecule is CNC(=O)c1c(N)n(C2CCOCC2)c2nc(C#CC(C)(O)COC)ccc2c1=O. The standard InChI is InChI=1S/C21H26N4O5/c1-21(28,12-29-3)9-6-13-4-5-15-17(26)16(20(27)23-2)18(22)25(19(15)24-13)14-7-10-30-11-8-14/h4-5,14,28H,7-8,10-12,22H2,1-3H3,(H,23,27). The summed E-state index contributed by atoms with van der Waals surface area (Å²) in [7, 11) is 2.93. The molecule has 0 aliphatic carbocycles. The van der Waals surface area contributed by atoms with Crippen LogP contribution in [0.5, 0.6) is 0 Å². The summed E-state index contributed by atoms with van der Waals surface area (Å²) < 4.78 is 12.1. The zero-order chi connectivity index (χ0) is 21.9. The number of nitrogen functional groups attached to an aromatic ring is 1. The Kier molecular flexibility index (Phi) is 6.41. The van der Waals surface area contributed by atoms with Gasteiger partial charge in [-0.2, -0.15) is 0 Å². The van der Waals surface area contributed by atoms with Crippen molar-refractivity contribution in [1.29, 1.82) is 0 Å². The molecule has 0 spiro atoms. The molecule has 1 aliphatic rings. The molecule has 30 heavy (non-hydrogen) atoms. The van der Waals surface area contributed by atoms with Gasteiger partial charge in [0.1, 0.15) is 28.3 Å². The van der Waals surface area contributed by atoms with Crippen LogP contribution in [0.1, 0.15) is 41.9 Å². The van der Waals surface area contributed by atoms with Crippen LogP contribution in [0.4, 0.5) is 5.82 Å². The van der Waals surface area contributed by atoms with E-state index in [1.54, 1.807) is 16.7 Å². The molecule has 1 saturated heterocycles. The second-order valence-electron chi connectivity index (χ2n) is 7.41. The molecular weight excluding hydrogens is 388 g/mol. The molecular formula is C21H26N4O5. The first-order valence-corrected chi connectivity index (χ1v) is 9.68. The van der Waals surface area contributed by atoms with E-state index in [0.29, 0.717) is 37.4 Å². The Labute approximate surface area is 174 Å². The number of aliphatic hydroxyl groups is 1. The fourth-order valence-electron chi connectivity index (χ4n) is 3.54. The minimum Gasteiger partial charge on any atom is -0.384 e. The third-order valence-electron chi connectivity index (χ3n) is 4.99. The van der Waals surface area contributed by atoms with E-state index >= 15 is 0 Å². The van der Waals surface area contributed by atoms with Gasteiger partial charge in [-0.25, -0.2) is 4.98 Å². The molecule has 0 radical (unpaired) electrons. The van der Waals surface area contributed by atoms with E-state index in [4.69, 9.17) is 15.2 Å². The van der Waals surface area contributed by atoms with Gasteiger partial charge in [0.05, 0.1) is 12.0 Å². The Hall–Kier alpha value is -2.93.